The maximum absolute atomic E-state index is 13.1. The van der Waals surface area contributed by atoms with Gasteiger partial charge in [-0.1, -0.05) is 13.8 Å². The normalized spacial score (nSPS) is 20.0. The molecule has 2 amide bonds. The number of alkyl carbamates (subject to hydrolysis) is 1. The average Bonchev–Trinajstić information content (AvgIpc) is 3.73. The summed E-state index contributed by atoms with van der Waals surface area (Å²) >= 11 is 0. The molecule has 2 aliphatic heterocycles. The number of benzene rings is 2. The van der Waals surface area contributed by atoms with Crippen molar-refractivity contribution in [3.05, 3.63) is 65.4 Å². The third-order valence-corrected chi connectivity index (χ3v) is 10.7. The van der Waals surface area contributed by atoms with Gasteiger partial charge in [0.25, 0.3) is 5.91 Å². The van der Waals surface area contributed by atoms with Crippen LogP contribution in [0.4, 0.5) is 16.3 Å². The second-order valence-corrected chi connectivity index (χ2v) is 17.0. The van der Waals surface area contributed by atoms with E-state index in [1.165, 1.54) is 0 Å². The van der Waals surface area contributed by atoms with Crippen molar-refractivity contribution < 1.29 is 33.3 Å². The van der Waals surface area contributed by atoms with Crippen molar-refractivity contribution in [2.24, 2.45) is 5.41 Å². The number of hydrogen-bond acceptors (Lipinski definition) is 11. The summed E-state index contributed by atoms with van der Waals surface area (Å²) in [6, 6.07) is 16.2. The zero-order valence-corrected chi connectivity index (χ0v) is 35.5. The Morgan fingerprint density at radius 2 is 1.49 bits per heavy atom. The largest absolute Gasteiger partial charge is 0.497 e. The lowest BCUT2D eigenvalue weighted by Gasteiger charge is -2.45. The molecule has 0 aliphatic carbocycles. The SMILES string of the molecule is COc1cc(CCc2cc(NC(=O)c3ccc(N4C[C@@H](C)N(CCOCCOCCN5C[C@H](NC(=O)OC(C)(C)C)C(C)(C)C5)[C@@H](C)C4)cc3)n[nH]2)cc(OC)c1. The number of H-pyrrole nitrogens is 1. The summed E-state index contributed by atoms with van der Waals surface area (Å²) in [6.07, 6.45) is 1.12. The van der Waals surface area contributed by atoms with E-state index >= 15 is 0 Å². The molecule has 2 aromatic carbocycles. The fourth-order valence-corrected chi connectivity index (χ4v) is 7.67. The van der Waals surface area contributed by atoms with Crippen molar-refractivity contribution in [3.63, 3.8) is 0 Å². The molecule has 2 saturated heterocycles. The molecule has 314 valence electrons. The van der Waals surface area contributed by atoms with Gasteiger partial charge in [-0.2, -0.15) is 5.10 Å². The maximum atomic E-state index is 13.1. The number of aryl methyl sites for hydroxylation is 2. The molecule has 14 nitrogen and oxygen atoms in total. The lowest BCUT2D eigenvalue weighted by molar-refractivity contribution is 0.0208. The van der Waals surface area contributed by atoms with Crippen LogP contribution in [-0.2, 0) is 27.1 Å². The Morgan fingerprint density at radius 3 is 2.11 bits per heavy atom. The number of aromatic amines is 1. The Hall–Kier alpha value is -4.37. The van der Waals surface area contributed by atoms with E-state index in [4.69, 9.17) is 23.7 Å². The molecule has 5 rings (SSSR count). The fraction of sp³-hybridized carbons (Fsp3) is 0.605. The minimum absolute atomic E-state index is 0.0267. The highest BCUT2D eigenvalue weighted by Gasteiger charge is 2.40. The predicted molar refractivity (Wildman–Crippen MR) is 223 cm³/mol. The van der Waals surface area contributed by atoms with Crippen LogP contribution in [0.2, 0.25) is 0 Å². The number of aromatic nitrogens is 2. The van der Waals surface area contributed by atoms with Crippen LogP contribution in [0.15, 0.2) is 48.5 Å². The van der Waals surface area contributed by atoms with E-state index in [9.17, 15) is 9.59 Å². The van der Waals surface area contributed by atoms with Crippen LogP contribution >= 0.6 is 0 Å². The van der Waals surface area contributed by atoms with E-state index in [-0.39, 0.29) is 23.5 Å². The van der Waals surface area contributed by atoms with Crippen molar-refractivity contribution in [1.29, 1.82) is 0 Å². The number of hydrogen-bond donors (Lipinski definition) is 3. The number of carbonyl (C=O) groups excluding carboxylic acids is 2. The van der Waals surface area contributed by atoms with E-state index in [0.717, 1.165) is 80.6 Å². The number of carbonyl (C=O) groups is 2. The van der Waals surface area contributed by atoms with Crippen LogP contribution in [-0.4, -0.2) is 136 Å². The molecule has 57 heavy (non-hydrogen) atoms. The van der Waals surface area contributed by atoms with E-state index in [0.29, 0.717) is 49.9 Å². The van der Waals surface area contributed by atoms with E-state index in [1.54, 1.807) is 14.2 Å². The van der Waals surface area contributed by atoms with Gasteiger partial charge in [0.05, 0.1) is 46.7 Å². The molecule has 1 aromatic heterocycles. The Bertz CT molecular complexity index is 1710. The number of ether oxygens (including phenoxy) is 5. The summed E-state index contributed by atoms with van der Waals surface area (Å²) in [7, 11) is 3.28. The molecular weight excluding hydrogens is 727 g/mol. The standard InChI is InChI=1S/C43H65N7O7/c1-30-26-49(27-31(2)50(30)17-19-56-21-20-55-18-16-48-28-38(43(6,7)29-48)44-41(52)57-42(3,4)5)35-14-11-33(12-15-35)40(51)45-39-24-34(46-47-39)13-10-32-22-36(53-8)25-37(23-32)54-9/h11-12,14-15,22-25,30-31,38H,10,13,16-21,26-29H2,1-9H3,(H,44,52)(H2,45,46,47,51)/t30-,31+,38-/m0/s1. The van der Waals surface area contributed by atoms with Crippen LogP contribution in [0.1, 0.15) is 70.1 Å². The second kappa shape index (κ2) is 19.9. The minimum Gasteiger partial charge on any atom is -0.497 e. The summed E-state index contributed by atoms with van der Waals surface area (Å²) in [5, 5.41) is 13.3. The van der Waals surface area contributed by atoms with Gasteiger partial charge in [-0.15, -0.1) is 0 Å². The third kappa shape index (κ3) is 13.1. The molecule has 2 fully saturated rings. The van der Waals surface area contributed by atoms with E-state index < -0.39 is 5.60 Å². The number of nitrogens with one attached hydrogen (secondary N) is 3. The van der Waals surface area contributed by atoms with Crippen LogP contribution in [0, 0.1) is 5.41 Å². The molecule has 0 radical (unpaired) electrons. The van der Waals surface area contributed by atoms with E-state index in [2.05, 4.69) is 63.2 Å². The topological polar surface area (TPSA) is 143 Å². The number of amides is 2. The molecule has 3 heterocycles. The number of rotatable bonds is 18. The Morgan fingerprint density at radius 1 is 0.860 bits per heavy atom. The summed E-state index contributed by atoms with van der Waals surface area (Å²) in [6.45, 7) is 22.0. The van der Waals surface area contributed by atoms with Crippen LogP contribution in [0.25, 0.3) is 0 Å². The van der Waals surface area contributed by atoms with Crippen LogP contribution in [0.3, 0.4) is 0 Å². The van der Waals surface area contributed by atoms with Crippen molar-refractivity contribution >= 4 is 23.5 Å². The smallest absolute Gasteiger partial charge is 0.407 e. The van der Waals surface area contributed by atoms with Crippen LogP contribution < -0.4 is 25.0 Å². The van der Waals surface area contributed by atoms with Crippen molar-refractivity contribution in [2.75, 3.05) is 90.1 Å². The molecule has 0 spiro atoms. The zero-order valence-electron chi connectivity index (χ0n) is 35.5. The Labute approximate surface area is 338 Å². The summed E-state index contributed by atoms with van der Waals surface area (Å²) in [5.74, 6) is 1.79. The third-order valence-electron chi connectivity index (χ3n) is 10.7. The number of nitrogens with zero attached hydrogens (tertiary/aromatic N) is 4. The zero-order chi connectivity index (χ0) is 41.2. The maximum Gasteiger partial charge on any atom is 0.407 e. The minimum atomic E-state index is -0.516. The lowest BCUT2D eigenvalue weighted by Crippen LogP contribution is -2.57. The van der Waals surface area contributed by atoms with Crippen LogP contribution in [0.5, 0.6) is 11.5 Å². The van der Waals surface area contributed by atoms with Gasteiger partial charge >= 0.3 is 6.09 Å². The van der Waals surface area contributed by atoms with Gasteiger partial charge in [0.1, 0.15) is 17.1 Å². The first-order valence-electron chi connectivity index (χ1n) is 20.2. The average molecular weight is 792 g/mol. The number of piperazine rings is 1. The number of anilines is 2. The summed E-state index contributed by atoms with van der Waals surface area (Å²) in [4.78, 5) is 32.6. The second-order valence-electron chi connectivity index (χ2n) is 17.0. The Kier molecular flexibility index (Phi) is 15.2. The highest BCUT2D eigenvalue weighted by molar-refractivity contribution is 6.04. The number of methoxy groups -OCH3 is 2. The molecule has 0 unspecified atom stereocenters. The fourth-order valence-electron chi connectivity index (χ4n) is 7.67. The monoisotopic (exact) mass is 791 g/mol. The highest BCUT2D eigenvalue weighted by Crippen LogP contribution is 2.30. The van der Waals surface area contributed by atoms with Gasteiger partial charge in [-0.25, -0.2) is 4.79 Å². The molecule has 3 atom stereocenters. The molecular formula is C43H65N7O7. The van der Waals surface area contributed by atoms with Crippen molar-refractivity contribution in [1.82, 2.24) is 25.3 Å². The molecule has 0 bridgehead atoms. The van der Waals surface area contributed by atoms with Gasteiger partial charge in [0.15, 0.2) is 5.82 Å². The molecule has 0 saturated carbocycles. The van der Waals surface area contributed by atoms with Gasteiger partial charge in [-0.3, -0.25) is 19.7 Å². The molecule has 3 N–H and O–H groups in total. The summed E-state index contributed by atoms with van der Waals surface area (Å²) < 4.78 is 28.1. The predicted octanol–water partition coefficient (Wildman–Crippen LogP) is 5.63. The molecule has 3 aromatic rings. The first kappa shape index (κ1) is 43.7. The number of likely N-dealkylation sites (tertiary alicyclic amines) is 1. The summed E-state index contributed by atoms with van der Waals surface area (Å²) in [5.41, 5.74) is 3.12. The quantitative estimate of drug-likeness (QED) is 0.138. The lowest BCUT2D eigenvalue weighted by atomic mass is 9.88. The first-order chi connectivity index (χ1) is 27.1. The molecule has 2 aliphatic rings. The van der Waals surface area contributed by atoms with Gasteiger partial charge in [-0.05, 0) is 94.8 Å². The molecule has 14 heteroatoms. The van der Waals surface area contributed by atoms with Gasteiger partial charge in [0, 0.05) is 80.4 Å². The van der Waals surface area contributed by atoms with Gasteiger partial charge in [0.2, 0.25) is 0 Å². The first-order valence-corrected chi connectivity index (χ1v) is 20.2. The Balaban J connectivity index is 0.962. The van der Waals surface area contributed by atoms with E-state index in [1.807, 2.05) is 69.3 Å². The van der Waals surface area contributed by atoms with Crippen molar-refractivity contribution in [3.8, 4) is 11.5 Å². The van der Waals surface area contributed by atoms with Gasteiger partial charge < -0.3 is 39.2 Å². The highest BCUT2D eigenvalue weighted by atomic mass is 16.6. The van der Waals surface area contributed by atoms with Crippen molar-refractivity contribution in [2.45, 2.75) is 85.0 Å².